The Labute approximate surface area is 127 Å². The van der Waals surface area contributed by atoms with Crippen molar-refractivity contribution in [3.05, 3.63) is 0 Å². The number of carbonyl (C=O) groups is 1. The van der Waals surface area contributed by atoms with E-state index in [0.717, 1.165) is 37.1 Å². The van der Waals surface area contributed by atoms with E-state index in [1.807, 2.05) is 0 Å². The fraction of sp³-hybridized carbons (Fsp3) is 0.938. The molecular weight excluding hydrogens is 302 g/mol. The second-order valence-electron chi connectivity index (χ2n) is 7.24. The maximum absolute atomic E-state index is 12.1. The Balaban J connectivity index is 2.29. The van der Waals surface area contributed by atoms with Crippen molar-refractivity contribution in [3.63, 3.8) is 0 Å². The maximum atomic E-state index is 12.1. The Morgan fingerprint density at radius 2 is 1.84 bits per heavy atom. The van der Waals surface area contributed by atoms with Gasteiger partial charge >= 0.3 is 0 Å². The van der Waals surface area contributed by atoms with E-state index in [4.69, 9.17) is 0 Å². The molecule has 0 aromatic heterocycles. The summed E-state index contributed by atoms with van der Waals surface area (Å²) in [6.45, 7) is 9.97. The molecule has 1 rings (SSSR count). The Morgan fingerprint density at radius 3 is 2.32 bits per heavy atom. The molecule has 0 radical (unpaired) electrons. The highest BCUT2D eigenvalue weighted by atomic mass is 79.9. The van der Waals surface area contributed by atoms with Gasteiger partial charge in [0.2, 0.25) is 5.91 Å². The fourth-order valence-corrected chi connectivity index (χ4v) is 3.71. The molecule has 1 atom stereocenters. The summed E-state index contributed by atoms with van der Waals surface area (Å²) in [4.78, 5) is 12.1. The van der Waals surface area contributed by atoms with Gasteiger partial charge in [0.15, 0.2) is 0 Å². The van der Waals surface area contributed by atoms with Gasteiger partial charge in [0.05, 0.1) is 0 Å². The molecule has 0 spiro atoms. The molecule has 1 amide bonds. The summed E-state index contributed by atoms with van der Waals surface area (Å²) in [6.07, 6.45) is 5.68. The van der Waals surface area contributed by atoms with Crippen LogP contribution < -0.4 is 5.32 Å². The lowest BCUT2D eigenvalue weighted by molar-refractivity contribution is -0.126. The van der Waals surface area contributed by atoms with Gasteiger partial charge in [-0.3, -0.25) is 4.79 Å². The molecule has 1 N–H and O–H groups in total. The van der Waals surface area contributed by atoms with Gasteiger partial charge in [-0.1, -0.05) is 43.6 Å². The summed E-state index contributed by atoms with van der Waals surface area (Å²) in [6, 6.07) is 0. The predicted octanol–water partition coefficient (Wildman–Crippen LogP) is 4.38. The first-order chi connectivity index (χ1) is 8.84. The molecule has 1 saturated carbocycles. The zero-order valence-electron chi connectivity index (χ0n) is 13.0. The normalized spacial score (nSPS) is 25.9. The monoisotopic (exact) mass is 331 g/mol. The average Bonchev–Trinajstić information content (AvgIpc) is 2.35. The highest BCUT2D eigenvalue weighted by molar-refractivity contribution is 9.09. The topological polar surface area (TPSA) is 29.1 Å². The molecule has 0 bridgehead atoms. The minimum atomic E-state index is 0.259. The number of hydrogen-bond acceptors (Lipinski definition) is 1. The highest BCUT2D eigenvalue weighted by Crippen LogP contribution is 2.39. The van der Waals surface area contributed by atoms with E-state index < -0.39 is 0 Å². The molecule has 0 aliphatic heterocycles. The molecule has 0 heterocycles. The molecular formula is C16H30BrNO. The van der Waals surface area contributed by atoms with Gasteiger partial charge < -0.3 is 5.32 Å². The molecule has 3 heteroatoms. The van der Waals surface area contributed by atoms with Crippen LogP contribution in [0.15, 0.2) is 0 Å². The Hall–Kier alpha value is -0.0500. The summed E-state index contributed by atoms with van der Waals surface area (Å²) in [5.74, 6) is 1.89. The number of carbonyl (C=O) groups excluding carboxylic acids is 1. The second-order valence-corrected chi connectivity index (χ2v) is 8.04. The van der Waals surface area contributed by atoms with Crippen molar-refractivity contribution < 1.29 is 4.79 Å². The van der Waals surface area contributed by atoms with Crippen LogP contribution in [-0.2, 0) is 4.79 Å². The largest absolute Gasteiger partial charge is 0.356 e. The smallest absolute Gasteiger partial charge is 0.223 e. The van der Waals surface area contributed by atoms with Gasteiger partial charge in [0.25, 0.3) is 0 Å². The number of hydrogen-bond donors (Lipinski definition) is 1. The van der Waals surface area contributed by atoms with Crippen molar-refractivity contribution in [1.29, 1.82) is 0 Å². The van der Waals surface area contributed by atoms with Crippen molar-refractivity contribution in [2.75, 3.05) is 11.9 Å². The fourth-order valence-electron chi connectivity index (χ4n) is 2.93. The van der Waals surface area contributed by atoms with E-state index in [-0.39, 0.29) is 11.8 Å². The van der Waals surface area contributed by atoms with Crippen LogP contribution in [0.1, 0.15) is 59.8 Å². The van der Waals surface area contributed by atoms with Crippen LogP contribution in [0, 0.1) is 23.2 Å². The van der Waals surface area contributed by atoms with E-state index in [0.29, 0.717) is 11.3 Å². The van der Waals surface area contributed by atoms with Crippen LogP contribution in [0.2, 0.25) is 0 Å². The third kappa shape index (κ3) is 5.85. The zero-order valence-corrected chi connectivity index (χ0v) is 14.6. The van der Waals surface area contributed by atoms with Crippen LogP contribution in [0.25, 0.3) is 0 Å². The van der Waals surface area contributed by atoms with Gasteiger partial charge in [-0.2, -0.15) is 0 Å². The maximum Gasteiger partial charge on any atom is 0.223 e. The number of rotatable bonds is 5. The first-order valence-corrected chi connectivity index (χ1v) is 8.80. The highest BCUT2D eigenvalue weighted by Gasteiger charge is 2.32. The van der Waals surface area contributed by atoms with Crippen LogP contribution >= 0.6 is 15.9 Å². The van der Waals surface area contributed by atoms with Crippen LogP contribution in [-0.4, -0.2) is 17.8 Å². The first kappa shape index (κ1) is 17.0. The summed E-state index contributed by atoms with van der Waals surface area (Å²) in [5.41, 5.74) is 0.395. The van der Waals surface area contributed by atoms with E-state index in [9.17, 15) is 4.79 Å². The number of amides is 1. The Bertz CT molecular complexity index is 277. The molecule has 1 aliphatic carbocycles. The van der Waals surface area contributed by atoms with Crippen molar-refractivity contribution in [3.8, 4) is 0 Å². The van der Waals surface area contributed by atoms with Crippen molar-refractivity contribution in [2.45, 2.75) is 59.8 Å². The summed E-state index contributed by atoms with van der Waals surface area (Å²) < 4.78 is 0. The van der Waals surface area contributed by atoms with E-state index >= 15 is 0 Å². The zero-order chi connectivity index (χ0) is 14.5. The predicted molar refractivity (Wildman–Crippen MR) is 85.5 cm³/mol. The van der Waals surface area contributed by atoms with Crippen molar-refractivity contribution in [2.24, 2.45) is 23.2 Å². The lowest BCUT2D eigenvalue weighted by Gasteiger charge is -2.36. The average molecular weight is 332 g/mol. The minimum absolute atomic E-state index is 0.259. The Morgan fingerprint density at radius 1 is 1.26 bits per heavy atom. The first-order valence-electron chi connectivity index (χ1n) is 7.68. The van der Waals surface area contributed by atoms with Gasteiger partial charge in [-0.05, 0) is 49.4 Å². The minimum Gasteiger partial charge on any atom is -0.356 e. The third-order valence-electron chi connectivity index (χ3n) is 4.55. The summed E-state index contributed by atoms with van der Waals surface area (Å²) >= 11 is 3.45. The molecule has 0 aromatic carbocycles. The number of alkyl halides is 1. The standard InChI is InChI=1S/C16H30BrNO/c1-12(9-10-17)11-18-15(19)13-5-7-14(8-6-13)16(2,3)4/h12-14H,5-11H2,1-4H3,(H,18,19). The lowest BCUT2D eigenvalue weighted by Crippen LogP contribution is -2.37. The second kappa shape index (κ2) is 7.66. The SMILES string of the molecule is CC(CCBr)CNC(=O)C1CCC(C(C)(C)C)CC1. The molecule has 112 valence electrons. The summed E-state index contributed by atoms with van der Waals surface area (Å²) in [5, 5.41) is 4.15. The van der Waals surface area contributed by atoms with Gasteiger partial charge in [0.1, 0.15) is 0 Å². The number of halogens is 1. The summed E-state index contributed by atoms with van der Waals surface area (Å²) in [7, 11) is 0. The number of nitrogens with one attached hydrogen (secondary N) is 1. The van der Waals surface area contributed by atoms with Gasteiger partial charge in [0, 0.05) is 17.8 Å². The van der Waals surface area contributed by atoms with E-state index in [1.54, 1.807) is 0 Å². The molecule has 1 unspecified atom stereocenters. The molecule has 0 aromatic rings. The van der Waals surface area contributed by atoms with E-state index in [1.165, 1.54) is 12.8 Å². The van der Waals surface area contributed by atoms with Crippen molar-refractivity contribution >= 4 is 21.8 Å². The van der Waals surface area contributed by atoms with Crippen LogP contribution in [0.3, 0.4) is 0 Å². The molecule has 1 fully saturated rings. The Kier molecular flexibility index (Phi) is 6.85. The van der Waals surface area contributed by atoms with Gasteiger partial charge in [-0.15, -0.1) is 0 Å². The molecule has 19 heavy (non-hydrogen) atoms. The third-order valence-corrected chi connectivity index (χ3v) is 5.01. The molecule has 0 saturated heterocycles. The van der Waals surface area contributed by atoms with Gasteiger partial charge in [-0.25, -0.2) is 0 Å². The van der Waals surface area contributed by atoms with Crippen LogP contribution in [0.4, 0.5) is 0 Å². The quantitative estimate of drug-likeness (QED) is 0.744. The lowest BCUT2D eigenvalue weighted by atomic mass is 9.69. The van der Waals surface area contributed by atoms with E-state index in [2.05, 4.69) is 48.9 Å². The van der Waals surface area contributed by atoms with Crippen LogP contribution in [0.5, 0.6) is 0 Å². The van der Waals surface area contributed by atoms with Crippen molar-refractivity contribution in [1.82, 2.24) is 5.32 Å². The molecule has 1 aliphatic rings. The molecule has 2 nitrogen and oxygen atoms in total.